The van der Waals surface area contributed by atoms with Crippen LogP contribution in [0.3, 0.4) is 0 Å². The summed E-state index contributed by atoms with van der Waals surface area (Å²) in [7, 11) is 0. The number of halogens is 7. The zero-order valence-electron chi connectivity index (χ0n) is 20.7. The first-order chi connectivity index (χ1) is 18.1. The molecule has 8 heteroatoms. The molecule has 0 amide bonds. The van der Waals surface area contributed by atoms with E-state index in [1.165, 1.54) is 18.2 Å². The van der Waals surface area contributed by atoms with Crippen molar-refractivity contribution in [3.63, 3.8) is 0 Å². The van der Waals surface area contributed by atoms with Crippen molar-refractivity contribution in [3.8, 4) is 16.9 Å². The quantitative estimate of drug-likeness (QED) is 0.158. The number of alkyl halides is 2. The standard InChI is InChI=1S/C30H27F7O/c1-2-3-4-5-18-6-8-19(9-7-18)23-14-15-24(28(34)27(23)33)20-10-12-21(13-11-20)30(36,37)38-22-16-25(31)29(35)26(32)17-22/h2-3,10-19H,4-9H2,1H3. The van der Waals surface area contributed by atoms with Crippen molar-refractivity contribution >= 4 is 0 Å². The second-order valence-corrected chi connectivity index (χ2v) is 9.59. The molecule has 1 fully saturated rings. The predicted octanol–water partition coefficient (Wildman–Crippen LogP) is 9.81. The van der Waals surface area contributed by atoms with E-state index in [4.69, 9.17) is 0 Å². The molecule has 0 saturated heterocycles. The van der Waals surface area contributed by atoms with E-state index >= 15 is 8.78 Å². The highest BCUT2D eigenvalue weighted by Crippen LogP contribution is 2.40. The minimum atomic E-state index is -4.03. The summed E-state index contributed by atoms with van der Waals surface area (Å²) in [4.78, 5) is 0. The Kier molecular flexibility index (Phi) is 8.48. The monoisotopic (exact) mass is 536 g/mol. The number of hydrogen-bond acceptors (Lipinski definition) is 1. The summed E-state index contributed by atoms with van der Waals surface area (Å²) in [6, 6.07) is 7.82. The summed E-state index contributed by atoms with van der Waals surface area (Å²) in [5, 5.41) is 0. The molecule has 0 atom stereocenters. The van der Waals surface area contributed by atoms with Crippen LogP contribution in [-0.2, 0) is 6.11 Å². The summed E-state index contributed by atoms with van der Waals surface area (Å²) in [6.45, 7) is 1.98. The van der Waals surface area contributed by atoms with E-state index < -0.39 is 46.5 Å². The molecule has 0 aromatic heterocycles. The van der Waals surface area contributed by atoms with Crippen molar-refractivity contribution in [2.24, 2.45) is 5.92 Å². The van der Waals surface area contributed by atoms with E-state index in [1.54, 1.807) is 6.07 Å². The zero-order chi connectivity index (χ0) is 27.4. The molecule has 0 spiro atoms. The molecule has 0 aliphatic heterocycles. The van der Waals surface area contributed by atoms with Gasteiger partial charge in [-0.25, -0.2) is 22.0 Å². The van der Waals surface area contributed by atoms with Crippen molar-refractivity contribution in [3.05, 3.63) is 101 Å². The van der Waals surface area contributed by atoms with Crippen molar-refractivity contribution in [2.45, 2.75) is 57.5 Å². The summed E-state index contributed by atoms with van der Waals surface area (Å²) in [5.74, 6) is -7.55. The van der Waals surface area contributed by atoms with Gasteiger partial charge in [0.1, 0.15) is 5.75 Å². The molecule has 0 radical (unpaired) electrons. The topological polar surface area (TPSA) is 9.23 Å². The minimum Gasteiger partial charge on any atom is -0.429 e. The Balaban J connectivity index is 1.47. The van der Waals surface area contributed by atoms with Crippen LogP contribution < -0.4 is 4.74 Å². The molecule has 0 N–H and O–H groups in total. The molecule has 0 unspecified atom stereocenters. The van der Waals surface area contributed by atoms with Crippen molar-refractivity contribution in [1.29, 1.82) is 0 Å². The third kappa shape index (κ3) is 6.05. The van der Waals surface area contributed by atoms with E-state index in [0.29, 0.717) is 23.6 Å². The van der Waals surface area contributed by atoms with Crippen LogP contribution in [0.25, 0.3) is 11.1 Å². The van der Waals surface area contributed by atoms with E-state index in [9.17, 15) is 22.0 Å². The van der Waals surface area contributed by atoms with Gasteiger partial charge < -0.3 is 4.74 Å². The molecule has 1 aliphatic carbocycles. The van der Waals surface area contributed by atoms with Crippen LogP contribution >= 0.6 is 0 Å². The number of ether oxygens (including phenoxy) is 1. The van der Waals surface area contributed by atoms with Crippen LogP contribution in [0.2, 0.25) is 0 Å². The molecular formula is C30H27F7O. The van der Waals surface area contributed by atoms with Gasteiger partial charge in [0.2, 0.25) is 0 Å². The van der Waals surface area contributed by atoms with Crippen molar-refractivity contribution in [2.75, 3.05) is 0 Å². The Morgan fingerprint density at radius 3 is 2.05 bits per heavy atom. The lowest BCUT2D eigenvalue weighted by molar-refractivity contribution is -0.185. The normalized spacial score (nSPS) is 18.2. The Morgan fingerprint density at radius 2 is 1.45 bits per heavy atom. The molecule has 1 saturated carbocycles. The molecule has 38 heavy (non-hydrogen) atoms. The minimum absolute atomic E-state index is 0.0733. The Hall–Kier alpha value is -3.29. The highest BCUT2D eigenvalue weighted by molar-refractivity contribution is 5.65. The van der Waals surface area contributed by atoms with Gasteiger partial charge in [-0.1, -0.05) is 36.4 Å². The average Bonchev–Trinajstić information content (AvgIpc) is 2.89. The summed E-state index contributed by atoms with van der Waals surface area (Å²) in [6.07, 6.45) is 5.71. The lowest BCUT2D eigenvalue weighted by Crippen LogP contribution is -2.22. The predicted molar refractivity (Wildman–Crippen MR) is 131 cm³/mol. The number of benzene rings is 3. The molecule has 0 bridgehead atoms. The summed E-state index contributed by atoms with van der Waals surface area (Å²) < 4.78 is 103. The molecule has 4 rings (SSSR count). The second-order valence-electron chi connectivity index (χ2n) is 9.59. The first-order valence-electron chi connectivity index (χ1n) is 12.5. The Bertz CT molecular complexity index is 1270. The maximum atomic E-state index is 15.1. The fourth-order valence-electron chi connectivity index (χ4n) is 5.01. The highest BCUT2D eigenvalue weighted by atomic mass is 19.3. The highest BCUT2D eigenvalue weighted by Gasteiger charge is 2.35. The summed E-state index contributed by atoms with van der Waals surface area (Å²) >= 11 is 0. The molecule has 0 heterocycles. The van der Waals surface area contributed by atoms with E-state index in [-0.39, 0.29) is 17.0 Å². The smallest absolute Gasteiger partial charge is 0.426 e. The lowest BCUT2D eigenvalue weighted by Gasteiger charge is -2.29. The molecule has 1 aliphatic rings. The van der Waals surface area contributed by atoms with Crippen LogP contribution in [0.4, 0.5) is 30.7 Å². The van der Waals surface area contributed by atoms with Gasteiger partial charge in [0.15, 0.2) is 29.1 Å². The third-order valence-corrected chi connectivity index (χ3v) is 7.11. The van der Waals surface area contributed by atoms with Gasteiger partial charge in [-0.05, 0) is 80.5 Å². The SMILES string of the molecule is CC=CCCC1CCC(c2ccc(-c3ccc(C(F)(F)Oc4cc(F)c(F)c(F)c4)cc3)c(F)c2F)CC1. The first-order valence-corrected chi connectivity index (χ1v) is 12.5. The molecular weight excluding hydrogens is 509 g/mol. The lowest BCUT2D eigenvalue weighted by atomic mass is 9.77. The Morgan fingerprint density at radius 1 is 0.816 bits per heavy atom. The Labute approximate surface area is 217 Å². The number of allylic oxidation sites excluding steroid dienone is 2. The number of rotatable bonds is 8. The largest absolute Gasteiger partial charge is 0.429 e. The van der Waals surface area contributed by atoms with E-state index in [1.807, 2.05) is 13.0 Å². The fourth-order valence-corrected chi connectivity index (χ4v) is 5.01. The summed E-state index contributed by atoms with van der Waals surface area (Å²) in [5.41, 5.74) is -0.285. The van der Waals surface area contributed by atoms with Crippen LogP contribution in [-0.4, -0.2) is 0 Å². The fraction of sp³-hybridized carbons (Fsp3) is 0.333. The van der Waals surface area contributed by atoms with E-state index in [0.717, 1.165) is 50.7 Å². The molecule has 1 nitrogen and oxygen atoms in total. The van der Waals surface area contributed by atoms with Crippen molar-refractivity contribution in [1.82, 2.24) is 0 Å². The molecule has 3 aromatic rings. The maximum Gasteiger partial charge on any atom is 0.426 e. The van der Waals surface area contributed by atoms with Crippen LogP contribution in [0.5, 0.6) is 5.75 Å². The van der Waals surface area contributed by atoms with Gasteiger partial charge >= 0.3 is 6.11 Å². The van der Waals surface area contributed by atoms with Gasteiger partial charge in [0.25, 0.3) is 0 Å². The van der Waals surface area contributed by atoms with Gasteiger partial charge in [-0.15, -0.1) is 0 Å². The van der Waals surface area contributed by atoms with Gasteiger partial charge in [-0.2, -0.15) is 8.78 Å². The number of hydrogen-bond donors (Lipinski definition) is 0. The van der Waals surface area contributed by atoms with Crippen LogP contribution in [0, 0.1) is 35.0 Å². The van der Waals surface area contributed by atoms with Gasteiger partial charge in [0, 0.05) is 17.7 Å². The van der Waals surface area contributed by atoms with Crippen molar-refractivity contribution < 1.29 is 35.5 Å². The zero-order valence-corrected chi connectivity index (χ0v) is 20.7. The van der Waals surface area contributed by atoms with E-state index in [2.05, 4.69) is 10.8 Å². The second kappa shape index (κ2) is 11.6. The van der Waals surface area contributed by atoms with Gasteiger partial charge in [0.05, 0.1) is 5.56 Å². The van der Waals surface area contributed by atoms with Crippen LogP contribution in [0.1, 0.15) is 62.5 Å². The maximum absolute atomic E-state index is 15.1. The molecule has 202 valence electrons. The van der Waals surface area contributed by atoms with Gasteiger partial charge in [-0.3, -0.25) is 0 Å². The molecule has 3 aromatic carbocycles. The van der Waals surface area contributed by atoms with Crippen LogP contribution in [0.15, 0.2) is 60.7 Å². The first kappa shape index (κ1) is 27.7. The third-order valence-electron chi connectivity index (χ3n) is 7.11. The average molecular weight is 537 g/mol.